The van der Waals surface area contributed by atoms with Crippen molar-refractivity contribution in [3.63, 3.8) is 0 Å². The smallest absolute Gasteiger partial charge is 0.261 e. The number of carbonyl (C=O) groups is 1. The molecule has 5 heteroatoms. The lowest BCUT2D eigenvalue weighted by Gasteiger charge is -2.19. The van der Waals surface area contributed by atoms with Crippen molar-refractivity contribution in [1.29, 1.82) is 0 Å². The number of nitrogens with two attached hydrogens (primary N) is 1. The van der Waals surface area contributed by atoms with Crippen LogP contribution in [0.25, 0.3) is 0 Å². The van der Waals surface area contributed by atoms with E-state index < -0.39 is 6.10 Å². The number of amides is 1. The van der Waals surface area contributed by atoms with Gasteiger partial charge in [-0.05, 0) is 44.4 Å². The van der Waals surface area contributed by atoms with Crippen molar-refractivity contribution in [2.24, 2.45) is 5.73 Å². The number of rotatable bonds is 3. The maximum absolute atomic E-state index is 13.2. The number of benzene rings is 1. The highest BCUT2D eigenvalue weighted by Gasteiger charge is 2.23. The van der Waals surface area contributed by atoms with Gasteiger partial charge >= 0.3 is 0 Å². The van der Waals surface area contributed by atoms with E-state index in [0.717, 1.165) is 12.8 Å². The lowest BCUT2D eigenvalue weighted by Crippen LogP contribution is -2.36. The van der Waals surface area contributed by atoms with Crippen LogP contribution < -0.4 is 15.8 Å². The van der Waals surface area contributed by atoms with Gasteiger partial charge in [0.05, 0.1) is 0 Å². The fourth-order valence-electron chi connectivity index (χ4n) is 2.16. The van der Waals surface area contributed by atoms with Gasteiger partial charge in [-0.1, -0.05) is 0 Å². The summed E-state index contributed by atoms with van der Waals surface area (Å²) in [6.07, 6.45) is 2.03. The Morgan fingerprint density at radius 2 is 2.26 bits per heavy atom. The van der Waals surface area contributed by atoms with E-state index in [0.29, 0.717) is 24.3 Å². The van der Waals surface area contributed by atoms with Crippen molar-refractivity contribution in [2.75, 3.05) is 6.54 Å². The SMILES string of the molecule is CC(N)c1cc(F)ccc1OC1CCCCNC1=O. The number of carbonyl (C=O) groups excluding carboxylic acids is 1. The molecule has 2 unspecified atom stereocenters. The predicted octanol–water partition coefficient (Wildman–Crippen LogP) is 1.89. The van der Waals surface area contributed by atoms with Gasteiger partial charge in [0, 0.05) is 18.2 Å². The van der Waals surface area contributed by atoms with Crippen molar-refractivity contribution in [1.82, 2.24) is 5.32 Å². The summed E-state index contributed by atoms with van der Waals surface area (Å²) in [5.74, 6) is 0.0147. The second kappa shape index (κ2) is 6.02. The molecular formula is C14H19FN2O2. The van der Waals surface area contributed by atoms with Crippen LogP contribution in [0.3, 0.4) is 0 Å². The van der Waals surface area contributed by atoms with E-state index in [9.17, 15) is 9.18 Å². The van der Waals surface area contributed by atoms with Gasteiger partial charge in [-0.15, -0.1) is 0 Å². The molecule has 1 fully saturated rings. The Kier molecular flexibility index (Phi) is 4.37. The van der Waals surface area contributed by atoms with E-state index >= 15 is 0 Å². The lowest BCUT2D eigenvalue weighted by molar-refractivity contribution is -0.127. The summed E-state index contributed by atoms with van der Waals surface area (Å²) >= 11 is 0. The Morgan fingerprint density at radius 3 is 3.00 bits per heavy atom. The van der Waals surface area contributed by atoms with Crippen LogP contribution in [0.1, 0.15) is 37.8 Å². The monoisotopic (exact) mass is 266 g/mol. The van der Waals surface area contributed by atoms with Gasteiger partial charge in [-0.3, -0.25) is 4.79 Å². The summed E-state index contributed by atoms with van der Waals surface area (Å²) in [5, 5.41) is 2.81. The molecule has 0 aromatic heterocycles. The first kappa shape index (κ1) is 13.8. The van der Waals surface area contributed by atoms with Crippen LogP contribution in [-0.4, -0.2) is 18.6 Å². The molecule has 1 amide bonds. The molecule has 1 aromatic carbocycles. The summed E-state index contributed by atoms with van der Waals surface area (Å²) in [7, 11) is 0. The van der Waals surface area contributed by atoms with Gasteiger partial charge in [-0.2, -0.15) is 0 Å². The summed E-state index contributed by atoms with van der Waals surface area (Å²) in [5.41, 5.74) is 6.39. The molecule has 0 radical (unpaired) electrons. The highest BCUT2D eigenvalue weighted by Crippen LogP contribution is 2.27. The van der Waals surface area contributed by atoms with Crippen molar-refractivity contribution >= 4 is 5.91 Å². The number of ether oxygens (including phenoxy) is 1. The molecule has 2 atom stereocenters. The average molecular weight is 266 g/mol. The van der Waals surface area contributed by atoms with Gasteiger partial charge in [0.2, 0.25) is 0 Å². The van der Waals surface area contributed by atoms with E-state index in [-0.39, 0.29) is 17.8 Å². The fraction of sp³-hybridized carbons (Fsp3) is 0.500. The van der Waals surface area contributed by atoms with Crippen LogP contribution in [0.5, 0.6) is 5.75 Å². The summed E-state index contributed by atoms with van der Waals surface area (Å²) in [6, 6.07) is 3.86. The minimum atomic E-state index is -0.523. The third-order valence-electron chi connectivity index (χ3n) is 3.22. The van der Waals surface area contributed by atoms with E-state index in [1.165, 1.54) is 18.2 Å². The maximum Gasteiger partial charge on any atom is 0.261 e. The molecular weight excluding hydrogens is 247 g/mol. The van der Waals surface area contributed by atoms with E-state index in [4.69, 9.17) is 10.5 Å². The fourth-order valence-corrected chi connectivity index (χ4v) is 2.16. The highest BCUT2D eigenvalue weighted by molar-refractivity contribution is 5.81. The standard InChI is InChI=1S/C14H19FN2O2/c1-9(16)11-8-10(15)5-6-12(11)19-13-4-2-3-7-17-14(13)18/h5-6,8-9,13H,2-4,7,16H2,1H3,(H,17,18). The van der Waals surface area contributed by atoms with Crippen molar-refractivity contribution in [3.8, 4) is 5.75 Å². The third kappa shape index (κ3) is 3.44. The number of nitrogens with one attached hydrogen (secondary N) is 1. The average Bonchev–Trinajstić information content (AvgIpc) is 2.57. The molecule has 2 rings (SSSR count). The molecule has 1 aromatic rings. The van der Waals surface area contributed by atoms with Crippen LogP contribution in [0.15, 0.2) is 18.2 Å². The first-order chi connectivity index (χ1) is 9.08. The second-order valence-corrected chi connectivity index (χ2v) is 4.86. The first-order valence-electron chi connectivity index (χ1n) is 6.57. The van der Waals surface area contributed by atoms with Crippen LogP contribution in [-0.2, 0) is 4.79 Å². The van der Waals surface area contributed by atoms with Crippen LogP contribution >= 0.6 is 0 Å². The molecule has 1 aliphatic rings. The Labute approximate surface area is 112 Å². The molecule has 1 heterocycles. The molecule has 1 aliphatic heterocycles. The third-order valence-corrected chi connectivity index (χ3v) is 3.22. The van der Waals surface area contributed by atoms with E-state index in [2.05, 4.69) is 5.32 Å². The second-order valence-electron chi connectivity index (χ2n) is 4.86. The van der Waals surface area contributed by atoms with Gasteiger partial charge in [0.25, 0.3) is 5.91 Å². The van der Waals surface area contributed by atoms with Gasteiger partial charge < -0.3 is 15.8 Å². The molecule has 4 nitrogen and oxygen atoms in total. The van der Waals surface area contributed by atoms with Crippen LogP contribution in [0.4, 0.5) is 4.39 Å². The maximum atomic E-state index is 13.2. The molecule has 0 bridgehead atoms. The van der Waals surface area contributed by atoms with E-state index in [1.54, 1.807) is 6.92 Å². The highest BCUT2D eigenvalue weighted by atomic mass is 19.1. The van der Waals surface area contributed by atoms with Crippen molar-refractivity contribution in [2.45, 2.75) is 38.3 Å². The molecule has 0 saturated carbocycles. The molecule has 0 aliphatic carbocycles. The number of hydrogen-bond donors (Lipinski definition) is 2. The zero-order valence-electron chi connectivity index (χ0n) is 11.0. The topological polar surface area (TPSA) is 64.3 Å². The van der Waals surface area contributed by atoms with Crippen LogP contribution in [0, 0.1) is 5.82 Å². The van der Waals surface area contributed by atoms with Crippen LogP contribution in [0.2, 0.25) is 0 Å². The van der Waals surface area contributed by atoms with E-state index in [1.807, 2.05) is 0 Å². The Balaban J connectivity index is 2.19. The van der Waals surface area contributed by atoms with Gasteiger partial charge in [-0.25, -0.2) is 4.39 Å². The largest absolute Gasteiger partial charge is 0.480 e. The quantitative estimate of drug-likeness (QED) is 0.878. The number of hydrogen-bond acceptors (Lipinski definition) is 3. The molecule has 19 heavy (non-hydrogen) atoms. The Morgan fingerprint density at radius 1 is 1.47 bits per heavy atom. The lowest BCUT2D eigenvalue weighted by atomic mass is 10.1. The number of halogens is 1. The Bertz CT molecular complexity index is 463. The summed E-state index contributed by atoms with van der Waals surface area (Å²) in [4.78, 5) is 11.8. The van der Waals surface area contributed by atoms with Gasteiger partial charge in [0.15, 0.2) is 6.10 Å². The predicted molar refractivity (Wildman–Crippen MR) is 70.3 cm³/mol. The zero-order valence-corrected chi connectivity index (χ0v) is 11.0. The van der Waals surface area contributed by atoms with Crippen molar-refractivity contribution < 1.29 is 13.9 Å². The normalized spacial score (nSPS) is 21.4. The zero-order chi connectivity index (χ0) is 13.8. The molecule has 1 saturated heterocycles. The minimum Gasteiger partial charge on any atom is -0.480 e. The minimum absolute atomic E-state index is 0.113. The van der Waals surface area contributed by atoms with Crippen molar-refractivity contribution in [3.05, 3.63) is 29.6 Å². The molecule has 3 N–H and O–H groups in total. The Hall–Kier alpha value is -1.62. The molecule has 104 valence electrons. The summed E-state index contributed by atoms with van der Waals surface area (Å²) < 4.78 is 19.0. The summed E-state index contributed by atoms with van der Waals surface area (Å²) in [6.45, 7) is 2.44. The first-order valence-corrected chi connectivity index (χ1v) is 6.57. The van der Waals surface area contributed by atoms with Gasteiger partial charge in [0.1, 0.15) is 11.6 Å². The molecule has 0 spiro atoms.